The van der Waals surface area contributed by atoms with Gasteiger partial charge in [0.2, 0.25) is 0 Å². The summed E-state index contributed by atoms with van der Waals surface area (Å²) in [5, 5.41) is 9.04. The van der Waals surface area contributed by atoms with E-state index < -0.39 is 23.1 Å². The van der Waals surface area contributed by atoms with Crippen molar-refractivity contribution in [1.82, 2.24) is 9.21 Å². The Morgan fingerprint density at radius 1 is 1.26 bits per heavy atom. The minimum atomic E-state index is -0.944. The Balaban J connectivity index is 1.56. The molecule has 1 fully saturated rings. The monoisotopic (exact) mass is 396 g/mol. The Labute approximate surface area is 161 Å². The predicted molar refractivity (Wildman–Crippen MR) is 100 cm³/mol. The molecule has 0 radical (unpaired) electrons. The normalized spacial score (nSPS) is 20.2. The Hall–Kier alpha value is -1.93. The molecule has 1 amide bonds. The number of nitrogens with zero attached hydrogens (tertiary/aromatic N) is 2. The maximum atomic E-state index is 13.9. The maximum absolute atomic E-state index is 13.9. The largest absolute Gasteiger partial charge is 0.465 e. The van der Waals surface area contributed by atoms with Crippen LogP contribution in [-0.4, -0.2) is 58.6 Å². The molecule has 2 heterocycles. The van der Waals surface area contributed by atoms with Crippen molar-refractivity contribution in [1.29, 1.82) is 0 Å². The second-order valence-electron chi connectivity index (χ2n) is 7.01. The highest BCUT2D eigenvalue weighted by molar-refractivity contribution is 7.97. The fraction of sp³-hybridized carbons (Fsp3) is 0.474. The van der Waals surface area contributed by atoms with E-state index in [1.807, 2.05) is 6.08 Å². The van der Waals surface area contributed by atoms with Crippen LogP contribution in [0.25, 0.3) is 5.57 Å². The summed E-state index contributed by atoms with van der Waals surface area (Å²) < 4.78 is 29.4. The second-order valence-corrected chi connectivity index (χ2v) is 8.08. The van der Waals surface area contributed by atoms with E-state index in [1.54, 1.807) is 11.9 Å². The highest BCUT2D eigenvalue weighted by Gasteiger charge is 2.36. The van der Waals surface area contributed by atoms with Crippen LogP contribution in [-0.2, 0) is 4.79 Å². The van der Waals surface area contributed by atoms with Crippen LogP contribution < -0.4 is 0 Å². The zero-order valence-electron chi connectivity index (χ0n) is 14.9. The van der Waals surface area contributed by atoms with Crippen molar-refractivity contribution in [3.05, 3.63) is 41.5 Å². The van der Waals surface area contributed by atoms with E-state index in [0.717, 1.165) is 24.0 Å². The molecule has 3 rings (SSSR count). The van der Waals surface area contributed by atoms with E-state index in [-0.39, 0.29) is 0 Å². The van der Waals surface area contributed by atoms with Gasteiger partial charge in [0.15, 0.2) is 0 Å². The zero-order valence-corrected chi connectivity index (χ0v) is 15.7. The number of aldehydes is 1. The van der Waals surface area contributed by atoms with Crippen molar-refractivity contribution in [3.63, 3.8) is 0 Å². The van der Waals surface area contributed by atoms with E-state index in [9.17, 15) is 18.4 Å². The standard InChI is InChI=1S/C19H22F2N2O3S/c20-15-1-2-17(21)16(11-15)14-3-7-23(8-4-14)27-13-19(12-24)5-9-22(10-6-19)18(25)26/h1-3,11-12H,4-10,13H2,(H,25,26). The number of rotatable bonds is 5. The Morgan fingerprint density at radius 2 is 2.00 bits per heavy atom. The van der Waals surface area contributed by atoms with Gasteiger partial charge < -0.3 is 14.8 Å². The third-order valence-corrected chi connectivity index (χ3v) is 6.66. The molecule has 0 bridgehead atoms. The molecule has 1 N–H and O–H groups in total. The van der Waals surface area contributed by atoms with Crippen LogP contribution >= 0.6 is 11.9 Å². The van der Waals surface area contributed by atoms with Gasteiger partial charge in [-0.3, -0.25) is 0 Å². The van der Waals surface area contributed by atoms with Crippen LogP contribution in [0.15, 0.2) is 24.3 Å². The molecule has 0 aliphatic carbocycles. The number of amides is 1. The van der Waals surface area contributed by atoms with Crippen LogP contribution in [0.1, 0.15) is 24.8 Å². The van der Waals surface area contributed by atoms with Gasteiger partial charge in [-0.25, -0.2) is 17.9 Å². The summed E-state index contributed by atoms with van der Waals surface area (Å²) in [5.74, 6) is -0.278. The predicted octanol–water partition coefficient (Wildman–Crippen LogP) is 3.66. The summed E-state index contributed by atoms with van der Waals surface area (Å²) in [6.07, 6.45) is 3.58. The fourth-order valence-corrected chi connectivity index (χ4v) is 4.61. The molecule has 1 aromatic carbocycles. The highest BCUT2D eigenvalue weighted by atomic mass is 32.2. The number of carboxylic acid groups (broad SMARTS) is 1. The molecule has 0 spiro atoms. The molecule has 0 unspecified atom stereocenters. The van der Waals surface area contributed by atoms with Crippen LogP contribution in [0.2, 0.25) is 0 Å². The highest BCUT2D eigenvalue weighted by Crippen LogP contribution is 2.35. The van der Waals surface area contributed by atoms with Crippen LogP contribution in [0.5, 0.6) is 0 Å². The maximum Gasteiger partial charge on any atom is 0.407 e. The first-order valence-electron chi connectivity index (χ1n) is 8.89. The third kappa shape index (κ3) is 4.68. The average molecular weight is 396 g/mol. The number of carbonyl (C=O) groups excluding carboxylic acids is 1. The van der Waals surface area contributed by atoms with Crippen LogP contribution in [0.4, 0.5) is 13.6 Å². The number of likely N-dealkylation sites (tertiary alicyclic amines) is 1. The molecule has 27 heavy (non-hydrogen) atoms. The number of piperidine rings is 1. The number of hydrogen-bond donors (Lipinski definition) is 1. The molecule has 5 nitrogen and oxygen atoms in total. The molecule has 2 aliphatic rings. The average Bonchev–Trinajstić information content (AvgIpc) is 2.69. The van der Waals surface area contributed by atoms with E-state index in [0.29, 0.717) is 56.8 Å². The summed E-state index contributed by atoms with van der Waals surface area (Å²) in [7, 11) is 0. The fourth-order valence-electron chi connectivity index (χ4n) is 3.42. The topological polar surface area (TPSA) is 60.9 Å². The molecular weight excluding hydrogens is 374 g/mol. The first-order chi connectivity index (χ1) is 12.9. The molecule has 0 aromatic heterocycles. The minimum Gasteiger partial charge on any atom is -0.465 e. The summed E-state index contributed by atoms with van der Waals surface area (Å²) in [5.41, 5.74) is 0.601. The van der Waals surface area contributed by atoms with Crippen molar-refractivity contribution in [2.75, 3.05) is 31.9 Å². The molecule has 1 saturated heterocycles. The summed E-state index contributed by atoms with van der Waals surface area (Å²) in [4.78, 5) is 24.0. The second kappa shape index (κ2) is 8.39. The lowest BCUT2D eigenvalue weighted by molar-refractivity contribution is -0.117. The number of benzene rings is 1. The van der Waals surface area contributed by atoms with E-state index in [1.165, 1.54) is 11.0 Å². The van der Waals surface area contributed by atoms with Gasteiger partial charge in [-0.05, 0) is 43.0 Å². The Bertz CT molecular complexity index is 748. The van der Waals surface area contributed by atoms with Gasteiger partial charge in [0.25, 0.3) is 0 Å². The lowest BCUT2D eigenvalue weighted by atomic mass is 9.82. The molecule has 8 heteroatoms. The summed E-state index contributed by atoms with van der Waals surface area (Å²) >= 11 is 1.57. The molecule has 2 aliphatic heterocycles. The van der Waals surface area contributed by atoms with Crippen LogP contribution in [0.3, 0.4) is 0 Å². The van der Waals surface area contributed by atoms with Gasteiger partial charge in [-0.15, -0.1) is 0 Å². The van der Waals surface area contributed by atoms with E-state index >= 15 is 0 Å². The molecular formula is C19H22F2N2O3S. The Kier molecular flexibility index (Phi) is 6.16. The van der Waals surface area contributed by atoms with Gasteiger partial charge >= 0.3 is 6.09 Å². The van der Waals surface area contributed by atoms with Gasteiger partial charge in [0, 0.05) is 42.9 Å². The first kappa shape index (κ1) is 19.8. The van der Waals surface area contributed by atoms with E-state index in [4.69, 9.17) is 5.11 Å². The van der Waals surface area contributed by atoms with Crippen molar-refractivity contribution in [2.24, 2.45) is 5.41 Å². The van der Waals surface area contributed by atoms with Crippen molar-refractivity contribution in [3.8, 4) is 0 Å². The lowest BCUT2D eigenvalue weighted by Crippen LogP contribution is -2.45. The first-order valence-corrected chi connectivity index (χ1v) is 9.83. The van der Waals surface area contributed by atoms with Gasteiger partial charge in [-0.1, -0.05) is 18.0 Å². The molecule has 0 atom stereocenters. The van der Waals surface area contributed by atoms with Crippen LogP contribution in [0, 0.1) is 17.0 Å². The minimum absolute atomic E-state index is 0.310. The van der Waals surface area contributed by atoms with Crippen molar-refractivity contribution < 1.29 is 23.5 Å². The molecule has 146 valence electrons. The third-order valence-electron chi connectivity index (χ3n) is 5.26. The smallest absolute Gasteiger partial charge is 0.407 e. The quantitative estimate of drug-likeness (QED) is 0.608. The zero-order chi connectivity index (χ0) is 19.4. The van der Waals surface area contributed by atoms with E-state index in [2.05, 4.69) is 4.31 Å². The number of halogens is 2. The van der Waals surface area contributed by atoms with Gasteiger partial charge in [0.1, 0.15) is 17.9 Å². The lowest BCUT2D eigenvalue weighted by Gasteiger charge is -2.38. The Morgan fingerprint density at radius 3 is 2.59 bits per heavy atom. The molecule has 0 saturated carbocycles. The van der Waals surface area contributed by atoms with Crippen molar-refractivity contribution >= 4 is 29.9 Å². The van der Waals surface area contributed by atoms with Gasteiger partial charge in [-0.2, -0.15) is 0 Å². The van der Waals surface area contributed by atoms with Gasteiger partial charge in [0.05, 0.1) is 0 Å². The molecule has 1 aromatic rings. The number of carbonyl (C=O) groups is 2. The number of hydrogen-bond acceptors (Lipinski definition) is 4. The summed E-state index contributed by atoms with van der Waals surface area (Å²) in [6.45, 7) is 2.02. The van der Waals surface area contributed by atoms with Crippen molar-refractivity contribution in [2.45, 2.75) is 19.3 Å². The summed E-state index contributed by atoms with van der Waals surface area (Å²) in [6, 6.07) is 3.48. The SMILES string of the molecule is O=CC1(CSN2CC=C(c3cc(F)ccc3F)CC2)CCN(C(=O)O)CC1.